The molecule has 44 heavy (non-hydrogen) atoms. The van der Waals surface area contributed by atoms with Crippen LogP contribution in [0.15, 0.2) is 104 Å². The lowest BCUT2D eigenvalue weighted by Gasteiger charge is -2.45. The van der Waals surface area contributed by atoms with Crippen LogP contribution in [0.4, 0.5) is 0 Å². The van der Waals surface area contributed by atoms with Crippen molar-refractivity contribution in [2.24, 2.45) is 0 Å². The van der Waals surface area contributed by atoms with Crippen molar-refractivity contribution >= 4 is 0 Å². The highest BCUT2D eigenvalue weighted by Crippen LogP contribution is 2.31. The molecule has 0 bridgehead atoms. The zero-order valence-corrected chi connectivity index (χ0v) is 26.2. The van der Waals surface area contributed by atoms with Gasteiger partial charge in [0.2, 0.25) is 0 Å². The average molecular weight is 603 g/mol. The molecule has 6 heteroatoms. The van der Waals surface area contributed by atoms with E-state index in [4.69, 9.17) is 23.7 Å². The topological polar surface area (TPSA) is 66.4 Å². The van der Waals surface area contributed by atoms with Crippen LogP contribution in [0.5, 0.6) is 0 Å². The third-order valence-corrected chi connectivity index (χ3v) is 7.97. The Morgan fingerprint density at radius 1 is 0.750 bits per heavy atom. The summed E-state index contributed by atoms with van der Waals surface area (Å²) in [4.78, 5) is 0. The number of ether oxygens (including phenoxy) is 5. The molecule has 1 saturated heterocycles. The highest BCUT2D eigenvalue weighted by Gasteiger charge is 2.48. The second-order valence-corrected chi connectivity index (χ2v) is 11.5. The first-order chi connectivity index (χ1) is 21.7. The second kappa shape index (κ2) is 19.5. The molecule has 4 rings (SSSR count). The molecule has 1 aliphatic rings. The fourth-order valence-corrected chi connectivity index (χ4v) is 5.52. The van der Waals surface area contributed by atoms with Crippen molar-refractivity contribution < 1.29 is 28.8 Å². The van der Waals surface area contributed by atoms with Crippen LogP contribution >= 0.6 is 0 Å². The van der Waals surface area contributed by atoms with Crippen molar-refractivity contribution in [2.75, 3.05) is 6.61 Å². The fourth-order valence-electron chi connectivity index (χ4n) is 5.52. The summed E-state index contributed by atoms with van der Waals surface area (Å²) in [5, 5.41) is 11.8. The standard InChI is InChI=1S/C38H50O6/c1-3-5-10-24-33(25-11-6-4-2)43-38-35(39)37(42-28-32-22-16-9-17-23-32)36(41-27-31-20-14-8-15-21-31)34(44-38)29-40-26-30-18-12-7-13-19-30/h3,7-9,12-23,33-39H,1,4-6,10-11,24-29H2,2H3/t33-,34-,35-,36-,37-,38-/m1/s1. The van der Waals surface area contributed by atoms with E-state index in [-0.39, 0.29) is 12.7 Å². The monoisotopic (exact) mass is 602 g/mol. The Balaban J connectivity index is 1.55. The van der Waals surface area contributed by atoms with E-state index in [9.17, 15) is 5.11 Å². The zero-order chi connectivity index (χ0) is 30.8. The van der Waals surface area contributed by atoms with Gasteiger partial charge in [-0.15, -0.1) is 6.58 Å². The molecule has 6 nitrogen and oxygen atoms in total. The third-order valence-electron chi connectivity index (χ3n) is 7.97. The molecule has 0 unspecified atom stereocenters. The van der Waals surface area contributed by atoms with E-state index < -0.39 is 30.7 Å². The van der Waals surface area contributed by atoms with Gasteiger partial charge < -0.3 is 28.8 Å². The molecular weight excluding hydrogens is 552 g/mol. The van der Waals surface area contributed by atoms with E-state index in [0.29, 0.717) is 19.8 Å². The van der Waals surface area contributed by atoms with E-state index in [1.807, 2.05) is 97.1 Å². The molecule has 1 aliphatic heterocycles. The van der Waals surface area contributed by atoms with Gasteiger partial charge >= 0.3 is 0 Å². The van der Waals surface area contributed by atoms with E-state index in [1.54, 1.807) is 0 Å². The van der Waals surface area contributed by atoms with Gasteiger partial charge in [-0.05, 0) is 42.4 Å². The lowest BCUT2D eigenvalue weighted by molar-refractivity contribution is -0.328. The number of hydrogen-bond donors (Lipinski definition) is 1. The summed E-state index contributed by atoms with van der Waals surface area (Å²) >= 11 is 0. The molecule has 3 aromatic rings. The molecule has 1 N–H and O–H groups in total. The molecule has 0 radical (unpaired) electrons. The van der Waals surface area contributed by atoms with Gasteiger partial charge in [0.05, 0.1) is 32.5 Å². The van der Waals surface area contributed by atoms with Gasteiger partial charge in [0, 0.05) is 0 Å². The van der Waals surface area contributed by atoms with Crippen LogP contribution in [-0.2, 0) is 43.5 Å². The molecule has 1 heterocycles. The molecule has 0 amide bonds. The SMILES string of the molecule is C=CCCC[C@H](CCCCC)O[C@@H]1O[C@H](COCc2ccccc2)[C@@H](OCc2ccccc2)[C@H](OCc2ccccc2)[C@H]1O. The molecule has 0 aliphatic carbocycles. The minimum absolute atomic E-state index is 0.0383. The van der Waals surface area contributed by atoms with Crippen LogP contribution in [-0.4, -0.2) is 48.5 Å². The van der Waals surface area contributed by atoms with Crippen molar-refractivity contribution in [3.05, 3.63) is 120 Å². The maximum absolute atomic E-state index is 11.8. The van der Waals surface area contributed by atoms with Gasteiger partial charge in [-0.25, -0.2) is 0 Å². The van der Waals surface area contributed by atoms with E-state index in [1.165, 1.54) is 0 Å². The zero-order valence-electron chi connectivity index (χ0n) is 26.2. The summed E-state index contributed by atoms with van der Waals surface area (Å²) < 4.78 is 32.3. The quantitative estimate of drug-likeness (QED) is 0.105. The van der Waals surface area contributed by atoms with Crippen molar-refractivity contribution in [1.29, 1.82) is 0 Å². The Morgan fingerprint density at radius 3 is 1.86 bits per heavy atom. The Hall–Kier alpha value is -2.84. The Morgan fingerprint density at radius 2 is 1.30 bits per heavy atom. The molecule has 1 fully saturated rings. The maximum Gasteiger partial charge on any atom is 0.186 e. The number of allylic oxidation sites excluding steroid dienone is 1. The summed E-state index contributed by atoms with van der Waals surface area (Å²) in [7, 11) is 0. The van der Waals surface area contributed by atoms with Crippen molar-refractivity contribution in [1.82, 2.24) is 0 Å². The van der Waals surface area contributed by atoms with E-state index >= 15 is 0 Å². The van der Waals surface area contributed by atoms with Crippen molar-refractivity contribution in [3.8, 4) is 0 Å². The first-order valence-electron chi connectivity index (χ1n) is 16.2. The van der Waals surface area contributed by atoms with Crippen LogP contribution < -0.4 is 0 Å². The minimum Gasteiger partial charge on any atom is -0.385 e. The molecule has 0 aromatic heterocycles. The normalized spacial score (nSPS) is 22.5. The summed E-state index contributed by atoms with van der Waals surface area (Å²) in [5.41, 5.74) is 3.13. The molecule has 6 atom stereocenters. The van der Waals surface area contributed by atoms with Crippen LogP contribution in [0.2, 0.25) is 0 Å². The van der Waals surface area contributed by atoms with Crippen LogP contribution in [0.1, 0.15) is 68.6 Å². The molecular formula is C38H50O6. The number of benzene rings is 3. The highest BCUT2D eigenvalue weighted by molar-refractivity contribution is 5.15. The van der Waals surface area contributed by atoms with Gasteiger partial charge in [0.15, 0.2) is 6.29 Å². The Bertz CT molecular complexity index is 1160. The number of aliphatic hydroxyl groups is 1. The largest absolute Gasteiger partial charge is 0.385 e. The predicted octanol–water partition coefficient (Wildman–Crippen LogP) is 7.78. The lowest BCUT2D eigenvalue weighted by atomic mass is 9.97. The number of unbranched alkanes of at least 4 members (excludes halogenated alkanes) is 3. The van der Waals surface area contributed by atoms with Gasteiger partial charge in [0.1, 0.15) is 24.4 Å². The molecule has 238 valence electrons. The summed E-state index contributed by atoms with van der Waals surface area (Å²) in [5.74, 6) is 0. The first-order valence-corrected chi connectivity index (χ1v) is 16.2. The summed E-state index contributed by atoms with van der Waals surface area (Å²) in [6.07, 6.45) is 5.25. The third kappa shape index (κ3) is 11.3. The molecule has 0 saturated carbocycles. The van der Waals surface area contributed by atoms with Gasteiger partial charge in [-0.2, -0.15) is 0 Å². The van der Waals surface area contributed by atoms with Crippen molar-refractivity contribution in [3.63, 3.8) is 0 Å². The molecule has 3 aromatic carbocycles. The minimum atomic E-state index is -1.04. The summed E-state index contributed by atoms with van der Waals surface area (Å²) in [6, 6.07) is 30.1. The Labute approximate surface area is 264 Å². The Kier molecular flexibility index (Phi) is 15.1. The molecule has 0 spiro atoms. The predicted molar refractivity (Wildman–Crippen MR) is 174 cm³/mol. The van der Waals surface area contributed by atoms with Gasteiger partial charge in [0.25, 0.3) is 0 Å². The van der Waals surface area contributed by atoms with Crippen molar-refractivity contribution in [2.45, 2.75) is 108 Å². The van der Waals surface area contributed by atoms with Gasteiger partial charge in [-0.3, -0.25) is 0 Å². The lowest BCUT2D eigenvalue weighted by Crippen LogP contribution is -2.61. The first kappa shape index (κ1) is 34.0. The summed E-state index contributed by atoms with van der Waals surface area (Å²) in [6.45, 7) is 7.47. The number of hydrogen-bond acceptors (Lipinski definition) is 6. The van der Waals surface area contributed by atoms with Crippen LogP contribution in [0.25, 0.3) is 0 Å². The number of rotatable bonds is 20. The average Bonchev–Trinajstić information content (AvgIpc) is 3.06. The van der Waals surface area contributed by atoms with E-state index in [2.05, 4.69) is 13.5 Å². The second-order valence-electron chi connectivity index (χ2n) is 11.5. The van der Waals surface area contributed by atoms with Crippen LogP contribution in [0.3, 0.4) is 0 Å². The smallest absolute Gasteiger partial charge is 0.186 e. The number of aliphatic hydroxyl groups excluding tert-OH is 1. The van der Waals surface area contributed by atoms with E-state index in [0.717, 1.165) is 61.6 Å². The maximum atomic E-state index is 11.8. The van der Waals surface area contributed by atoms with Crippen LogP contribution in [0, 0.1) is 0 Å². The highest BCUT2D eigenvalue weighted by atomic mass is 16.7. The van der Waals surface area contributed by atoms with Gasteiger partial charge in [-0.1, -0.05) is 123 Å². The fraction of sp³-hybridized carbons (Fsp3) is 0.474.